The molecule has 1 aliphatic heterocycles. The number of aryl methyl sites for hydroxylation is 2. The lowest BCUT2D eigenvalue weighted by Gasteiger charge is -2.34. The highest BCUT2D eigenvalue weighted by Crippen LogP contribution is 2.37. The van der Waals surface area contributed by atoms with Crippen LogP contribution >= 0.6 is 0 Å². The van der Waals surface area contributed by atoms with Gasteiger partial charge >= 0.3 is 6.03 Å². The molecule has 0 aliphatic carbocycles. The van der Waals surface area contributed by atoms with E-state index in [1.54, 1.807) is 32.4 Å². The molecule has 0 spiro atoms. The first-order valence-corrected chi connectivity index (χ1v) is 14.1. The van der Waals surface area contributed by atoms with Crippen molar-refractivity contribution in [3.05, 3.63) is 95.4 Å². The summed E-state index contributed by atoms with van der Waals surface area (Å²) >= 11 is 0. The fourth-order valence-electron chi connectivity index (χ4n) is 5.18. The molecule has 3 aromatic carbocycles. The molecule has 0 radical (unpaired) electrons. The first kappa shape index (κ1) is 28.9. The van der Waals surface area contributed by atoms with E-state index < -0.39 is 0 Å². The largest absolute Gasteiger partial charge is 0.497 e. The summed E-state index contributed by atoms with van der Waals surface area (Å²) in [5.74, 6) is 1.53. The fourth-order valence-corrected chi connectivity index (χ4v) is 5.18. The first-order chi connectivity index (χ1) is 20.4. The Bertz CT molecular complexity index is 1510. The van der Waals surface area contributed by atoms with Crippen molar-refractivity contribution >= 4 is 28.9 Å². The zero-order valence-corrected chi connectivity index (χ0v) is 24.9. The van der Waals surface area contributed by atoms with Crippen molar-refractivity contribution in [2.75, 3.05) is 62.6 Å². The van der Waals surface area contributed by atoms with Crippen molar-refractivity contribution in [2.24, 2.45) is 0 Å². The Morgan fingerprint density at radius 3 is 2.29 bits per heavy atom. The number of nitrogens with zero attached hydrogens (tertiary/aromatic N) is 5. The fraction of sp³-hybridized carbons (Fsp3) is 0.303. The Morgan fingerprint density at radius 1 is 0.905 bits per heavy atom. The molecule has 2 heterocycles. The van der Waals surface area contributed by atoms with Gasteiger partial charge in [-0.3, -0.25) is 0 Å². The number of anilines is 4. The lowest BCUT2D eigenvalue weighted by Crippen LogP contribution is -2.44. The summed E-state index contributed by atoms with van der Waals surface area (Å²) in [5, 5.41) is 3.10. The van der Waals surface area contributed by atoms with Crippen LogP contribution in [0.5, 0.6) is 11.5 Å². The topological polar surface area (TPSA) is 83.1 Å². The highest BCUT2D eigenvalue weighted by Gasteiger charge is 2.25. The van der Waals surface area contributed by atoms with E-state index in [-0.39, 0.29) is 6.03 Å². The lowest BCUT2D eigenvalue weighted by molar-refractivity contribution is 0.258. The van der Waals surface area contributed by atoms with Gasteiger partial charge in [0.15, 0.2) is 0 Å². The maximum atomic E-state index is 14.0. The number of para-hydroxylation sites is 1. The molecule has 1 N–H and O–H groups in total. The van der Waals surface area contributed by atoms with Crippen molar-refractivity contribution in [2.45, 2.75) is 20.3 Å². The van der Waals surface area contributed by atoms with Gasteiger partial charge in [0.1, 0.15) is 23.6 Å². The molecule has 218 valence electrons. The van der Waals surface area contributed by atoms with Crippen LogP contribution in [0.1, 0.15) is 22.4 Å². The Labute approximate surface area is 247 Å². The number of nitrogens with one attached hydrogen (secondary N) is 1. The zero-order valence-electron chi connectivity index (χ0n) is 24.9. The Balaban J connectivity index is 1.45. The number of rotatable bonds is 8. The minimum atomic E-state index is -0.364. The normalized spacial score (nSPS) is 13.5. The highest BCUT2D eigenvalue weighted by atomic mass is 16.5. The quantitative estimate of drug-likeness (QED) is 0.288. The third kappa shape index (κ3) is 6.47. The van der Waals surface area contributed by atoms with Gasteiger partial charge in [-0.25, -0.2) is 19.7 Å². The average Bonchev–Trinajstić information content (AvgIpc) is 3.00. The molecule has 1 saturated heterocycles. The zero-order chi connectivity index (χ0) is 29.6. The van der Waals surface area contributed by atoms with Crippen molar-refractivity contribution in [3.63, 3.8) is 0 Å². The number of amides is 2. The lowest BCUT2D eigenvalue weighted by atomic mass is 10.1. The number of aromatic nitrogens is 2. The van der Waals surface area contributed by atoms with Crippen LogP contribution in [-0.2, 0) is 6.42 Å². The summed E-state index contributed by atoms with van der Waals surface area (Å²) < 4.78 is 11.1. The number of piperazine rings is 1. The van der Waals surface area contributed by atoms with E-state index in [0.29, 0.717) is 29.4 Å². The van der Waals surface area contributed by atoms with Gasteiger partial charge in [-0.1, -0.05) is 30.3 Å². The first-order valence-electron chi connectivity index (χ1n) is 14.1. The molecule has 2 amide bonds. The predicted octanol–water partition coefficient (Wildman–Crippen LogP) is 5.82. The number of carbonyl (C=O) groups excluding carboxylic acids is 1. The molecule has 42 heavy (non-hydrogen) atoms. The maximum absolute atomic E-state index is 14.0. The van der Waals surface area contributed by atoms with Crippen LogP contribution in [-0.4, -0.2) is 68.3 Å². The van der Waals surface area contributed by atoms with Crippen molar-refractivity contribution in [1.82, 2.24) is 14.9 Å². The molecule has 9 nitrogen and oxygen atoms in total. The number of carbonyl (C=O) groups is 1. The van der Waals surface area contributed by atoms with Crippen LogP contribution < -0.4 is 24.6 Å². The molecular formula is C33H38N6O3. The van der Waals surface area contributed by atoms with E-state index in [4.69, 9.17) is 9.47 Å². The van der Waals surface area contributed by atoms with E-state index >= 15 is 0 Å². The second-order valence-corrected chi connectivity index (χ2v) is 10.6. The van der Waals surface area contributed by atoms with Crippen LogP contribution in [0.2, 0.25) is 0 Å². The van der Waals surface area contributed by atoms with Crippen molar-refractivity contribution < 1.29 is 14.3 Å². The van der Waals surface area contributed by atoms with Crippen LogP contribution in [0, 0.1) is 13.8 Å². The second-order valence-electron chi connectivity index (χ2n) is 10.6. The number of hydrogen-bond donors (Lipinski definition) is 1. The van der Waals surface area contributed by atoms with Crippen molar-refractivity contribution in [3.8, 4) is 11.5 Å². The molecular weight excluding hydrogens is 528 g/mol. The molecule has 5 rings (SSSR count). The molecule has 9 heteroatoms. The van der Waals surface area contributed by atoms with E-state index in [9.17, 15) is 4.79 Å². The SMILES string of the molecule is COc1ccc(N(C(=O)Nc2c(C)cccc2C)c2cc(Cc3ccc(N4CCN(C)CC4)cc3)ncn2)c(OC)c1. The number of urea groups is 1. The standard InChI is InChI=1S/C33H38N6O3/c1-23-7-6-8-24(2)32(23)36-33(40)39(29-14-13-28(41-4)21-30(29)42-5)31-20-26(34-22-35-31)19-25-9-11-27(12-10-25)38-17-15-37(3)16-18-38/h6-14,20-22H,15-19H2,1-5H3,(H,36,40). The summed E-state index contributed by atoms with van der Waals surface area (Å²) in [6, 6.07) is 21.4. The van der Waals surface area contributed by atoms with Gasteiger partial charge in [-0.2, -0.15) is 0 Å². The Hall–Kier alpha value is -4.63. The van der Waals surface area contributed by atoms with Gasteiger partial charge in [0.2, 0.25) is 0 Å². The summed E-state index contributed by atoms with van der Waals surface area (Å²) in [4.78, 5) is 29.3. The van der Waals surface area contributed by atoms with E-state index in [1.165, 1.54) is 16.9 Å². The molecule has 4 aromatic rings. The highest BCUT2D eigenvalue weighted by molar-refractivity contribution is 6.08. The van der Waals surface area contributed by atoms with Gasteiger partial charge in [-0.05, 0) is 61.9 Å². The van der Waals surface area contributed by atoms with Gasteiger partial charge in [0.05, 0.1) is 25.6 Å². The molecule has 1 fully saturated rings. The molecule has 0 unspecified atom stereocenters. The summed E-state index contributed by atoms with van der Waals surface area (Å²) in [6.45, 7) is 8.13. The van der Waals surface area contributed by atoms with Gasteiger partial charge < -0.3 is 24.6 Å². The molecule has 0 atom stereocenters. The smallest absolute Gasteiger partial charge is 0.332 e. The van der Waals surface area contributed by atoms with Crippen LogP contribution in [0.25, 0.3) is 0 Å². The second kappa shape index (κ2) is 12.9. The number of benzene rings is 3. The minimum absolute atomic E-state index is 0.364. The monoisotopic (exact) mass is 566 g/mol. The van der Waals surface area contributed by atoms with Crippen molar-refractivity contribution in [1.29, 1.82) is 0 Å². The summed E-state index contributed by atoms with van der Waals surface area (Å²) in [5.41, 5.74) is 6.38. The van der Waals surface area contributed by atoms with Gasteiger partial charge in [0, 0.05) is 56.1 Å². The predicted molar refractivity (Wildman–Crippen MR) is 168 cm³/mol. The molecule has 0 bridgehead atoms. The summed E-state index contributed by atoms with van der Waals surface area (Å²) in [6.07, 6.45) is 2.10. The van der Waals surface area contributed by atoms with E-state index in [1.807, 2.05) is 38.1 Å². The Morgan fingerprint density at radius 2 is 1.62 bits per heavy atom. The molecule has 1 aromatic heterocycles. The number of methoxy groups -OCH3 is 2. The van der Waals surface area contributed by atoms with Gasteiger partial charge in [0.25, 0.3) is 0 Å². The molecule has 0 saturated carbocycles. The minimum Gasteiger partial charge on any atom is -0.497 e. The third-order valence-corrected chi connectivity index (χ3v) is 7.67. The van der Waals surface area contributed by atoms with Crippen LogP contribution in [0.4, 0.5) is 27.7 Å². The van der Waals surface area contributed by atoms with Crippen LogP contribution in [0.15, 0.2) is 73.1 Å². The van der Waals surface area contributed by atoms with Gasteiger partial charge in [-0.15, -0.1) is 0 Å². The Kier molecular flexibility index (Phi) is 8.88. The number of likely N-dealkylation sites (N-methyl/N-ethyl adjacent to an activating group) is 1. The maximum Gasteiger partial charge on any atom is 0.332 e. The summed E-state index contributed by atoms with van der Waals surface area (Å²) in [7, 11) is 5.32. The van der Waals surface area contributed by atoms with E-state index in [0.717, 1.165) is 54.3 Å². The molecule has 1 aliphatic rings. The average molecular weight is 567 g/mol. The third-order valence-electron chi connectivity index (χ3n) is 7.67. The van der Waals surface area contributed by atoms with Crippen LogP contribution in [0.3, 0.4) is 0 Å². The number of ether oxygens (including phenoxy) is 2. The number of hydrogen-bond acceptors (Lipinski definition) is 7. The van der Waals surface area contributed by atoms with E-state index in [2.05, 4.69) is 56.4 Å².